The van der Waals surface area contributed by atoms with E-state index < -0.39 is 0 Å². The van der Waals surface area contributed by atoms with Gasteiger partial charge in [0.1, 0.15) is 5.75 Å². The Morgan fingerprint density at radius 2 is 2.29 bits per heavy atom. The van der Waals surface area contributed by atoms with Gasteiger partial charge in [-0.3, -0.25) is 0 Å². The molecule has 0 radical (unpaired) electrons. The number of nitrogens with zero attached hydrogens (tertiary/aromatic N) is 1. The largest absolute Gasteiger partial charge is 0.490 e. The summed E-state index contributed by atoms with van der Waals surface area (Å²) < 4.78 is 6.53. The van der Waals surface area contributed by atoms with Gasteiger partial charge in [-0.05, 0) is 41.4 Å². The Kier molecular flexibility index (Phi) is 5.28. The molecule has 1 rings (SSSR count). The Morgan fingerprint density at radius 3 is 2.88 bits per heavy atom. The summed E-state index contributed by atoms with van der Waals surface area (Å²) in [4.78, 5) is 0. The minimum absolute atomic E-state index is 0.0381. The summed E-state index contributed by atoms with van der Waals surface area (Å²) in [6.45, 7) is 4.10. The Hall–Kier alpha value is -1.23. The van der Waals surface area contributed by atoms with Crippen LogP contribution in [0.25, 0.3) is 0 Å². The first-order valence-electron chi connectivity index (χ1n) is 5.53. The van der Waals surface area contributed by atoms with Gasteiger partial charge in [0.25, 0.3) is 0 Å². The van der Waals surface area contributed by atoms with Crippen LogP contribution < -0.4 is 10.5 Å². The SMILES string of the molecule is CCCC(C)Oc1cccc(Br)c1/C(N)=N/O. The van der Waals surface area contributed by atoms with Gasteiger partial charge in [-0.25, -0.2) is 0 Å². The molecular formula is C12H17BrN2O2. The molecule has 1 aromatic rings. The molecule has 0 aliphatic carbocycles. The van der Waals surface area contributed by atoms with Crippen LogP contribution in [-0.4, -0.2) is 17.1 Å². The Labute approximate surface area is 110 Å². The zero-order chi connectivity index (χ0) is 12.8. The van der Waals surface area contributed by atoms with Crippen LogP contribution in [0.15, 0.2) is 27.8 Å². The van der Waals surface area contributed by atoms with Crippen molar-refractivity contribution >= 4 is 21.8 Å². The van der Waals surface area contributed by atoms with E-state index in [-0.39, 0.29) is 11.9 Å². The smallest absolute Gasteiger partial charge is 0.174 e. The minimum Gasteiger partial charge on any atom is -0.490 e. The molecule has 94 valence electrons. The predicted octanol–water partition coefficient (Wildman–Crippen LogP) is 3.11. The van der Waals surface area contributed by atoms with Gasteiger partial charge in [0.05, 0.1) is 11.7 Å². The normalized spacial score (nSPS) is 13.5. The summed E-state index contributed by atoms with van der Waals surface area (Å²) in [6.07, 6.45) is 2.11. The first-order valence-corrected chi connectivity index (χ1v) is 6.32. The minimum atomic E-state index is 0.0381. The second-order valence-electron chi connectivity index (χ2n) is 3.82. The molecule has 0 bridgehead atoms. The molecule has 3 N–H and O–H groups in total. The van der Waals surface area contributed by atoms with Crippen LogP contribution in [0, 0.1) is 0 Å². The van der Waals surface area contributed by atoms with Crippen LogP contribution in [0.2, 0.25) is 0 Å². The summed E-state index contributed by atoms with van der Waals surface area (Å²) in [5.74, 6) is 0.659. The molecule has 4 nitrogen and oxygen atoms in total. The van der Waals surface area contributed by atoms with Gasteiger partial charge in [0.15, 0.2) is 5.84 Å². The lowest BCUT2D eigenvalue weighted by Crippen LogP contribution is -2.18. The molecule has 1 atom stereocenters. The highest BCUT2D eigenvalue weighted by Crippen LogP contribution is 2.27. The fourth-order valence-electron chi connectivity index (χ4n) is 1.58. The molecular weight excluding hydrogens is 284 g/mol. The highest BCUT2D eigenvalue weighted by Gasteiger charge is 2.14. The lowest BCUT2D eigenvalue weighted by molar-refractivity contribution is 0.209. The van der Waals surface area contributed by atoms with E-state index in [1.54, 1.807) is 0 Å². The maximum atomic E-state index is 8.76. The van der Waals surface area contributed by atoms with Crippen LogP contribution in [0.5, 0.6) is 5.75 Å². The van der Waals surface area contributed by atoms with Crippen molar-refractivity contribution < 1.29 is 9.94 Å². The van der Waals surface area contributed by atoms with Crippen LogP contribution in [-0.2, 0) is 0 Å². The number of ether oxygens (including phenoxy) is 1. The van der Waals surface area contributed by atoms with Gasteiger partial charge < -0.3 is 15.7 Å². The molecule has 0 aromatic heterocycles. The molecule has 0 heterocycles. The highest BCUT2D eigenvalue weighted by molar-refractivity contribution is 9.10. The van der Waals surface area contributed by atoms with Gasteiger partial charge >= 0.3 is 0 Å². The van der Waals surface area contributed by atoms with Crippen molar-refractivity contribution in [1.82, 2.24) is 0 Å². The maximum absolute atomic E-state index is 8.76. The van der Waals surface area contributed by atoms with E-state index in [9.17, 15) is 0 Å². The van der Waals surface area contributed by atoms with Crippen LogP contribution in [0.4, 0.5) is 0 Å². The highest BCUT2D eigenvalue weighted by atomic mass is 79.9. The summed E-state index contributed by atoms with van der Waals surface area (Å²) in [5.41, 5.74) is 6.22. The summed E-state index contributed by atoms with van der Waals surface area (Å²) >= 11 is 3.37. The van der Waals surface area contributed by atoms with Gasteiger partial charge in [0.2, 0.25) is 0 Å². The molecule has 0 fully saturated rings. The van der Waals surface area contributed by atoms with E-state index in [4.69, 9.17) is 15.7 Å². The Balaban J connectivity index is 3.03. The van der Waals surface area contributed by atoms with Crippen molar-refractivity contribution in [3.05, 3.63) is 28.2 Å². The number of hydrogen-bond donors (Lipinski definition) is 2. The van der Waals surface area contributed by atoms with Crippen molar-refractivity contribution in [2.75, 3.05) is 0 Å². The molecule has 0 spiro atoms. The number of hydrogen-bond acceptors (Lipinski definition) is 3. The number of rotatable bonds is 5. The van der Waals surface area contributed by atoms with E-state index >= 15 is 0 Å². The van der Waals surface area contributed by atoms with Crippen molar-refractivity contribution in [1.29, 1.82) is 0 Å². The van der Waals surface area contributed by atoms with Crippen molar-refractivity contribution in [3.63, 3.8) is 0 Å². The predicted molar refractivity (Wildman–Crippen MR) is 71.7 cm³/mol. The van der Waals surface area contributed by atoms with Crippen LogP contribution in [0.1, 0.15) is 32.3 Å². The van der Waals surface area contributed by atoms with Crippen LogP contribution in [0.3, 0.4) is 0 Å². The molecule has 1 unspecified atom stereocenters. The first-order chi connectivity index (χ1) is 8.10. The van der Waals surface area contributed by atoms with Crippen molar-refractivity contribution in [3.8, 4) is 5.75 Å². The Bertz CT molecular complexity index is 407. The summed E-state index contributed by atoms with van der Waals surface area (Å²) in [5, 5.41) is 11.8. The van der Waals surface area contributed by atoms with Gasteiger partial charge in [-0.15, -0.1) is 0 Å². The zero-order valence-electron chi connectivity index (χ0n) is 9.98. The summed E-state index contributed by atoms with van der Waals surface area (Å²) in [6, 6.07) is 5.49. The second-order valence-corrected chi connectivity index (χ2v) is 4.67. The standard InChI is InChI=1S/C12H17BrN2O2/c1-3-5-8(2)17-10-7-4-6-9(13)11(10)12(14)15-16/h4,6-8,16H,3,5H2,1-2H3,(H2,14,15). The summed E-state index contributed by atoms with van der Waals surface area (Å²) in [7, 11) is 0. The molecule has 17 heavy (non-hydrogen) atoms. The zero-order valence-corrected chi connectivity index (χ0v) is 11.6. The molecule has 0 aliphatic heterocycles. The van der Waals surface area contributed by atoms with E-state index in [0.29, 0.717) is 11.3 Å². The third-order valence-corrected chi connectivity index (χ3v) is 3.02. The number of amidine groups is 1. The van der Waals surface area contributed by atoms with E-state index in [0.717, 1.165) is 17.3 Å². The number of benzene rings is 1. The van der Waals surface area contributed by atoms with Crippen molar-refractivity contribution in [2.24, 2.45) is 10.9 Å². The van der Waals surface area contributed by atoms with Gasteiger partial charge in [0, 0.05) is 4.47 Å². The van der Waals surface area contributed by atoms with Gasteiger partial charge in [-0.1, -0.05) is 24.6 Å². The number of oxime groups is 1. The first kappa shape index (κ1) is 13.8. The number of nitrogens with two attached hydrogens (primary N) is 1. The van der Waals surface area contributed by atoms with Crippen LogP contribution >= 0.6 is 15.9 Å². The monoisotopic (exact) mass is 300 g/mol. The topological polar surface area (TPSA) is 67.8 Å². The van der Waals surface area contributed by atoms with E-state index in [1.807, 2.05) is 25.1 Å². The molecule has 0 saturated carbocycles. The maximum Gasteiger partial charge on any atom is 0.174 e. The van der Waals surface area contributed by atoms with E-state index in [1.165, 1.54) is 0 Å². The third kappa shape index (κ3) is 3.63. The Morgan fingerprint density at radius 1 is 1.59 bits per heavy atom. The molecule has 0 saturated heterocycles. The fourth-order valence-corrected chi connectivity index (χ4v) is 2.13. The average molecular weight is 301 g/mol. The molecule has 0 aliphatic rings. The molecule has 1 aromatic carbocycles. The lowest BCUT2D eigenvalue weighted by Gasteiger charge is -2.17. The third-order valence-electron chi connectivity index (χ3n) is 2.36. The van der Waals surface area contributed by atoms with Gasteiger partial charge in [-0.2, -0.15) is 0 Å². The number of halogens is 1. The molecule has 0 amide bonds. The average Bonchev–Trinajstić information content (AvgIpc) is 2.28. The second kappa shape index (κ2) is 6.49. The lowest BCUT2D eigenvalue weighted by atomic mass is 10.1. The quantitative estimate of drug-likeness (QED) is 0.380. The molecule has 5 heteroatoms. The van der Waals surface area contributed by atoms with E-state index in [2.05, 4.69) is 28.0 Å². The van der Waals surface area contributed by atoms with Crippen molar-refractivity contribution in [2.45, 2.75) is 32.8 Å². The fraction of sp³-hybridized carbons (Fsp3) is 0.417.